The Labute approximate surface area is 151 Å². The van der Waals surface area contributed by atoms with E-state index in [9.17, 15) is 5.11 Å². The van der Waals surface area contributed by atoms with Gasteiger partial charge in [0.2, 0.25) is 11.6 Å². The first-order valence-corrected chi connectivity index (χ1v) is 7.29. The Balaban J connectivity index is 0.00000208. The number of benzene rings is 2. The first-order chi connectivity index (χ1) is 11.0. The number of rotatable bonds is 4. The summed E-state index contributed by atoms with van der Waals surface area (Å²) in [5, 5.41) is 26.0. The number of aromatic nitrogens is 4. The Morgan fingerprint density at radius 2 is 1.42 bits per heavy atom. The second-order valence-electron chi connectivity index (χ2n) is 5.87. The van der Waals surface area contributed by atoms with E-state index in [1.165, 1.54) is 5.69 Å². The molecule has 0 saturated heterocycles. The van der Waals surface area contributed by atoms with E-state index in [4.69, 9.17) is 0 Å². The normalized spacial score (nSPS) is 10.9. The van der Waals surface area contributed by atoms with Gasteiger partial charge < -0.3 is 22.1 Å². The summed E-state index contributed by atoms with van der Waals surface area (Å²) in [6, 6.07) is 16.8. The molecule has 1 heterocycles. The summed E-state index contributed by atoms with van der Waals surface area (Å²) >= 11 is 0. The van der Waals surface area contributed by atoms with Crippen molar-refractivity contribution in [1.29, 1.82) is 0 Å². The molecule has 3 aromatic rings. The largest absolute Gasteiger partial charge is 1.00 e. The van der Waals surface area contributed by atoms with Crippen LogP contribution in [0.15, 0.2) is 54.6 Å². The zero-order valence-corrected chi connectivity index (χ0v) is 15.1. The quantitative estimate of drug-likeness (QED) is 0.605. The third-order valence-electron chi connectivity index (χ3n) is 3.64. The van der Waals surface area contributed by atoms with E-state index in [0.29, 0.717) is 22.7 Å². The minimum Gasteiger partial charge on any atom is -1.00 e. The molecule has 0 saturated carbocycles. The van der Waals surface area contributed by atoms with Crippen molar-refractivity contribution in [3.63, 3.8) is 0 Å². The summed E-state index contributed by atoms with van der Waals surface area (Å²) in [6.45, 7) is 0.597. The predicted molar refractivity (Wildman–Crippen MR) is 88.5 cm³/mol. The number of aromatic hydroxyl groups is 1. The highest BCUT2D eigenvalue weighted by Gasteiger charge is 2.21. The lowest BCUT2D eigenvalue weighted by Crippen LogP contribution is -3.00. The molecule has 1 N–H and O–H groups in total. The number of halogens is 1. The molecule has 124 valence electrons. The molecule has 7 heteroatoms. The number of nitrogens with zero attached hydrogens (tertiary/aromatic N) is 5. The fraction of sp³-hybridized carbons (Fsp3) is 0.176. The number of para-hydroxylation sites is 1. The number of phenols is 1. The summed E-state index contributed by atoms with van der Waals surface area (Å²) in [7, 11) is 4.18. The number of hydrogen-bond donors (Lipinski definition) is 1. The molecule has 6 nitrogen and oxygen atoms in total. The molecule has 3 rings (SSSR count). The fourth-order valence-electron chi connectivity index (χ4n) is 2.32. The van der Waals surface area contributed by atoms with Gasteiger partial charge in [0.05, 0.1) is 14.1 Å². The Bertz CT molecular complexity index is 776. The maximum Gasteiger partial charge on any atom is 0.227 e. The van der Waals surface area contributed by atoms with E-state index in [1.54, 1.807) is 24.3 Å². The summed E-state index contributed by atoms with van der Waals surface area (Å²) < 4.78 is 0.614. The van der Waals surface area contributed by atoms with Crippen LogP contribution in [0.1, 0.15) is 5.82 Å². The van der Waals surface area contributed by atoms with Gasteiger partial charge in [0.25, 0.3) is 0 Å². The lowest BCUT2D eigenvalue weighted by Gasteiger charge is -2.27. The molecule has 24 heavy (non-hydrogen) atoms. The van der Waals surface area contributed by atoms with E-state index in [0.717, 1.165) is 5.56 Å². The van der Waals surface area contributed by atoms with Crippen molar-refractivity contribution in [3.8, 4) is 17.1 Å². The van der Waals surface area contributed by atoms with Gasteiger partial charge in [-0.3, -0.25) is 4.48 Å². The van der Waals surface area contributed by atoms with E-state index in [1.807, 2.05) is 18.2 Å². The summed E-state index contributed by atoms with van der Waals surface area (Å²) in [5.41, 5.74) is 1.94. The van der Waals surface area contributed by atoms with E-state index >= 15 is 0 Å². The van der Waals surface area contributed by atoms with Crippen LogP contribution in [0.4, 0.5) is 5.69 Å². The van der Waals surface area contributed by atoms with Crippen LogP contribution >= 0.6 is 0 Å². The molecule has 0 aliphatic heterocycles. The van der Waals surface area contributed by atoms with Crippen LogP contribution in [0, 0.1) is 0 Å². The first-order valence-electron chi connectivity index (χ1n) is 7.29. The number of hydrogen-bond acceptors (Lipinski definition) is 5. The second-order valence-corrected chi connectivity index (χ2v) is 5.87. The van der Waals surface area contributed by atoms with Gasteiger partial charge >= 0.3 is 0 Å². The molecule has 0 fully saturated rings. The Kier molecular flexibility index (Phi) is 5.58. The standard InChI is InChI=1S/C17H17N5O.BrH/c1-22(2,14-6-4-3-5-7-14)12-16-18-20-17(21-19-16)13-8-10-15(23)11-9-13;/h3-11H,12H2,1-2H3;1H. The predicted octanol–water partition coefficient (Wildman–Crippen LogP) is -0.590. The molecule has 0 aliphatic rings. The zero-order chi connectivity index (χ0) is 16.3. The van der Waals surface area contributed by atoms with Gasteiger partial charge in [-0.05, 0) is 36.4 Å². The molecule has 0 bridgehead atoms. The van der Waals surface area contributed by atoms with Crippen LogP contribution < -0.4 is 21.5 Å². The van der Waals surface area contributed by atoms with Crippen molar-refractivity contribution in [2.24, 2.45) is 0 Å². The average Bonchev–Trinajstić information content (AvgIpc) is 2.57. The van der Waals surface area contributed by atoms with Crippen LogP contribution in [0.25, 0.3) is 11.4 Å². The highest BCUT2D eigenvalue weighted by Crippen LogP contribution is 2.20. The van der Waals surface area contributed by atoms with Crippen molar-refractivity contribution in [1.82, 2.24) is 24.9 Å². The van der Waals surface area contributed by atoms with Crippen molar-refractivity contribution >= 4 is 5.69 Å². The molecule has 0 radical (unpaired) electrons. The number of quaternary nitrogens is 1. The highest BCUT2D eigenvalue weighted by atomic mass is 79.9. The highest BCUT2D eigenvalue weighted by molar-refractivity contribution is 5.54. The van der Waals surface area contributed by atoms with Crippen molar-refractivity contribution in [2.75, 3.05) is 14.1 Å². The first kappa shape index (κ1) is 18.0. The minimum absolute atomic E-state index is 0. The molecule has 2 aromatic carbocycles. The van der Waals surface area contributed by atoms with Gasteiger partial charge in [-0.2, -0.15) is 0 Å². The third-order valence-corrected chi connectivity index (χ3v) is 3.64. The molecule has 0 unspecified atom stereocenters. The Morgan fingerprint density at radius 3 is 2.00 bits per heavy atom. The van der Waals surface area contributed by atoms with Gasteiger partial charge in [-0.15, -0.1) is 20.4 Å². The monoisotopic (exact) mass is 387 g/mol. The fourth-order valence-corrected chi connectivity index (χ4v) is 2.32. The molecule has 1 aromatic heterocycles. The van der Waals surface area contributed by atoms with Gasteiger partial charge in [0, 0.05) is 5.56 Å². The van der Waals surface area contributed by atoms with Crippen LogP contribution in [-0.2, 0) is 6.54 Å². The van der Waals surface area contributed by atoms with Gasteiger partial charge in [0.1, 0.15) is 18.0 Å². The lowest BCUT2D eigenvalue weighted by atomic mass is 10.2. The molecule has 0 spiro atoms. The third kappa shape index (κ3) is 4.12. The van der Waals surface area contributed by atoms with Crippen molar-refractivity contribution in [3.05, 3.63) is 60.4 Å². The van der Waals surface area contributed by atoms with Gasteiger partial charge in [0.15, 0.2) is 0 Å². The van der Waals surface area contributed by atoms with Gasteiger partial charge in [-0.25, -0.2) is 0 Å². The van der Waals surface area contributed by atoms with Crippen LogP contribution in [0.2, 0.25) is 0 Å². The maximum atomic E-state index is 9.31. The Morgan fingerprint density at radius 1 is 0.833 bits per heavy atom. The average molecular weight is 388 g/mol. The molecule has 0 aliphatic carbocycles. The van der Waals surface area contributed by atoms with Crippen molar-refractivity contribution < 1.29 is 22.1 Å². The van der Waals surface area contributed by atoms with Crippen molar-refractivity contribution in [2.45, 2.75) is 6.54 Å². The van der Waals surface area contributed by atoms with E-state index in [2.05, 4.69) is 46.6 Å². The molecular weight excluding hydrogens is 370 g/mol. The van der Waals surface area contributed by atoms with E-state index < -0.39 is 0 Å². The van der Waals surface area contributed by atoms with E-state index in [-0.39, 0.29) is 22.7 Å². The van der Waals surface area contributed by atoms with Gasteiger partial charge in [-0.1, -0.05) is 18.2 Å². The zero-order valence-electron chi connectivity index (χ0n) is 13.5. The minimum atomic E-state index is 0. The molecule has 0 amide bonds. The summed E-state index contributed by atoms with van der Waals surface area (Å²) in [6.07, 6.45) is 0. The maximum absolute atomic E-state index is 9.31. The SMILES string of the molecule is C[N+](C)(Cc1nnc(-c2ccc(O)cc2)nn1)c1ccccc1.[Br-]. The smallest absolute Gasteiger partial charge is 0.227 e. The topological polar surface area (TPSA) is 71.8 Å². The van der Waals surface area contributed by atoms with Crippen LogP contribution in [0.5, 0.6) is 5.75 Å². The molecule has 0 atom stereocenters. The Hall–Kier alpha value is -2.38. The summed E-state index contributed by atoms with van der Waals surface area (Å²) in [4.78, 5) is 0. The van der Waals surface area contributed by atoms with Crippen LogP contribution in [-0.4, -0.2) is 39.6 Å². The second kappa shape index (κ2) is 7.46. The summed E-state index contributed by atoms with van der Waals surface area (Å²) in [5.74, 6) is 1.23. The lowest BCUT2D eigenvalue weighted by molar-refractivity contribution is -0.00000620. The number of phenolic OH excluding ortho intramolecular Hbond substituents is 1. The van der Waals surface area contributed by atoms with Crippen LogP contribution in [0.3, 0.4) is 0 Å². The molecular formula is C17H18BrN5O.